The Morgan fingerprint density at radius 3 is 2.42 bits per heavy atom. The number of amides is 2. The van der Waals surface area contributed by atoms with Crippen molar-refractivity contribution < 1.29 is 18.0 Å². The molecule has 2 aliphatic heterocycles. The smallest absolute Gasteiger partial charge is 0.254 e. The summed E-state index contributed by atoms with van der Waals surface area (Å²) in [6, 6.07) is 5.80. The Bertz CT molecular complexity index is 1130. The molecular formula is C26H39N5O4S. The predicted molar refractivity (Wildman–Crippen MR) is 140 cm³/mol. The first-order valence-electron chi connectivity index (χ1n) is 13.0. The number of guanidine groups is 1. The molecule has 4 rings (SSSR count). The average molecular weight is 518 g/mol. The Morgan fingerprint density at radius 1 is 1.14 bits per heavy atom. The van der Waals surface area contributed by atoms with Crippen LogP contribution in [0.5, 0.6) is 0 Å². The van der Waals surface area contributed by atoms with E-state index in [-0.39, 0.29) is 30.7 Å². The number of aryl methyl sites for hydroxylation is 2. The summed E-state index contributed by atoms with van der Waals surface area (Å²) in [5, 5.41) is 2.98. The molecule has 0 radical (unpaired) electrons. The van der Waals surface area contributed by atoms with Crippen LogP contribution in [0, 0.1) is 6.92 Å². The maximum absolute atomic E-state index is 13.1. The van der Waals surface area contributed by atoms with Gasteiger partial charge in [0.05, 0.1) is 5.75 Å². The zero-order valence-corrected chi connectivity index (χ0v) is 22.7. The topological polar surface area (TPSA) is 102 Å². The Morgan fingerprint density at radius 2 is 1.81 bits per heavy atom. The summed E-state index contributed by atoms with van der Waals surface area (Å²) in [5.41, 5.74) is 1.55. The molecule has 0 unspecified atom stereocenters. The lowest BCUT2D eigenvalue weighted by atomic mass is 9.89. The summed E-state index contributed by atoms with van der Waals surface area (Å²) >= 11 is 0. The van der Waals surface area contributed by atoms with E-state index in [0.717, 1.165) is 24.0 Å². The maximum atomic E-state index is 13.1. The first-order chi connectivity index (χ1) is 17.0. The highest BCUT2D eigenvalue weighted by Crippen LogP contribution is 2.33. The molecule has 2 amide bonds. The lowest BCUT2D eigenvalue weighted by molar-refractivity contribution is -0.125. The molecule has 1 spiro atoms. The second kappa shape index (κ2) is 10.5. The number of carbonyl (C=O) groups excluding carboxylic acids is 2. The van der Waals surface area contributed by atoms with Crippen molar-refractivity contribution in [1.82, 2.24) is 19.4 Å². The van der Waals surface area contributed by atoms with Crippen molar-refractivity contribution in [2.75, 3.05) is 40.0 Å². The van der Waals surface area contributed by atoms with Gasteiger partial charge in [-0.25, -0.2) is 17.7 Å². The number of hydrogen-bond donors (Lipinski definition) is 1. The minimum absolute atomic E-state index is 0.00700. The van der Waals surface area contributed by atoms with Crippen molar-refractivity contribution in [2.24, 2.45) is 4.99 Å². The van der Waals surface area contributed by atoms with Gasteiger partial charge in [-0.1, -0.05) is 25.3 Å². The van der Waals surface area contributed by atoms with Crippen LogP contribution < -0.4 is 5.32 Å². The molecule has 2 fully saturated rings. The summed E-state index contributed by atoms with van der Waals surface area (Å²) in [6.07, 6.45) is 7.04. The fourth-order valence-corrected chi connectivity index (χ4v) is 6.99. The van der Waals surface area contributed by atoms with Gasteiger partial charge in [-0.15, -0.1) is 0 Å². The first kappa shape index (κ1) is 26.6. The van der Waals surface area contributed by atoms with E-state index in [1.54, 1.807) is 20.2 Å². The van der Waals surface area contributed by atoms with Crippen molar-refractivity contribution in [2.45, 2.75) is 69.9 Å². The fraction of sp³-hybridized carbons (Fsp3) is 0.654. The molecule has 1 aliphatic carbocycles. The van der Waals surface area contributed by atoms with Gasteiger partial charge in [-0.05, 0) is 62.3 Å². The minimum Gasteiger partial charge on any atom is -0.345 e. The number of sulfonamides is 1. The zero-order chi connectivity index (χ0) is 26.1. The third kappa shape index (κ3) is 5.44. The van der Waals surface area contributed by atoms with Crippen LogP contribution in [-0.4, -0.2) is 91.9 Å². The van der Waals surface area contributed by atoms with E-state index in [1.807, 2.05) is 26.1 Å². The highest BCUT2D eigenvalue weighted by atomic mass is 32.2. The van der Waals surface area contributed by atoms with E-state index < -0.39 is 15.6 Å². The lowest BCUT2D eigenvalue weighted by Crippen LogP contribution is -2.51. The highest BCUT2D eigenvalue weighted by molar-refractivity contribution is 7.89. The van der Waals surface area contributed by atoms with Crippen LogP contribution >= 0.6 is 0 Å². The summed E-state index contributed by atoms with van der Waals surface area (Å²) in [7, 11) is 1.93. The quantitative estimate of drug-likeness (QED) is 0.623. The van der Waals surface area contributed by atoms with Gasteiger partial charge in [0, 0.05) is 45.8 Å². The molecule has 10 heteroatoms. The van der Waals surface area contributed by atoms with Crippen LogP contribution in [0.4, 0.5) is 0 Å². The summed E-state index contributed by atoms with van der Waals surface area (Å²) in [4.78, 5) is 33.6. The lowest BCUT2D eigenvalue weighted by Gasteiger charge is -2.35. The summed E-state index contributed by atoms with van der Waals surface area (Å²) < 4.78 is 27.7. The highest BCUT2D eigenvalue weighted by Gasteiger charge is 2.48. The Balaban J connectivity index is 1.36. The SMILES string of the molecule is Cc1cc(C(=O)N(C)C)ccc1CCS(=O)(=O)N1CCC2(CC1)N=C(N(C)C1CCCCC1)NC2=O. The van der Waals surface area contributed by atoms with Gasteiger partial charge < -0.3 is 9.80 Å². The van der Waals surface area contributed by atoms with Crippen LogP contribution in [0.15, 0.2) is 23.2 Å². The van der Waals surface area contributed by atoms with Gasteiger partial charge in [0.25, 0.3) is 11.8 Å². The Labute approximate surface area is 215 Å². The number of nitrogens with zero attached hydrogens (tertiary/aromatic N) is 4. The van der Waals surface area contributed by atoms with Gasteiger partial charge >= 0.3 is 0 Å². The normalized spacial score (nSPS) is 20.8. The van der Waals surface area contributed by atoms with E-state index in [1.165, 1.54) is 28.5 Å². The molecule has 1 aromatic carbocycles. The number of carbonyl (C=O) groups is 2. The molecule has 0 atom stereocenters. The Kier molecular flexibility index (Phi) is 7.75. The predicted octanol–water partition coefficient (Wildman–Crippen LogP) is 2.15. The summed E-state index contributed by atoms with van der Waals surface area (Å²) in [6.45, 7) is 2.47. The van der Waals surface area contributed by atoms with E-state index in [4.69, 9.17) is 4.99 Å². The van der Waals surface area contributed by atoms with Gasteiger partial charge in [-0.3, -0.25) is 14.9 Å². The van der Waals surface area contributed by atoms with Gasteiger partial charge in [-0.2, -0.15) is 0 Å². The van der Waals surface area contributed by atoms with Crippen molar-refractivity contribution in [3.8, 4) is 0 Å². The number of aliphatic imine (C=N–C) groups is 1. The molecule has 1 N–H and O–H groups in total. The fourth-order valence-electron chi connectivity index (χ4n) is 5.52. The number of piperidine rings is 1. The largest absolute Gasteiger partial charge is 0.345 e. The van der Waals surface area contributed by atoms with Crippen molar-refractivity contribution >= 4 is 27.8 Å². The van der Waals surface area contributed by atoms with Crippen LogP contribution in [0.25, 0.3) is 0 Å². The van der Waals surface area contributed by atoms with Crippen LogP contribution in [0.2, 0.25) is 0 Å². The summed E-state index contributed by atoms with van der Waals surface area (Å²) in [5.74, 6) is 0.439. The molecule has 1 saturated carbocycles. The third-order valence-electron chi connectivity index (χ3n) is 7.99. The molecule has 1 aromatic rings. The third-order valence-corrected chi connectivity index (χ3v) is 9.86. The number of nitrogens with one attached hydrogen (secondary N) is 1. The minimum atomic E-state index is -3.48. The van der Waals surface area contributed by atoms with E-state index in [9.17, 15) is 18.0 Å². The second-order valence-corrected chi connectivity index (χ2v) is 12.7. The van der Waals surface area contributed by atoms with Crippen molar-refractivity contribution in [1.29, 1.82) is 0 Å². The van der Waals surface area contributed by atoms with Gasteiger partial charge in [0.15, 0.2) is 0 Å². The van der Waals surface area contributed by atoms with E-state index >= 15 is 0 Å². The molecule has 198 valence electrons. The van der Waals surface area contributed by atoms with Crippen molar-refractivity contribution in [3.05, 3.63) is 34.9 Å². The van der Waals surface area contributed by atoms with Gasteiger partial charge in [0.1, 0.15) is 5.54 Å². The number of rotatable bonds is 6. The molecule has 1 saturated heterocycles. The Hall–Kier alpha value is -2.46. The van der Waals surface area contributed by atoms with Crippen LogP contribution in [-0.2, 0) is 21.2 Å². The monoisotopic (exact) mass is 517 g/mol. The molecule has 0 aromatic heterocycles. The molecule has 36 heavy (non-hydrogen) atoms. The molecule has 0 bridgehead atoms. The average Bonchev–Trinajstić information content (AvgIpc) is 3.18. The maximum Gasteiger partial charge on any atom is 0.254 e. The first-order valence-corrected chi connectivity index (χ1v) is 14.6. The van der Waals surface area contributed by atoms with Crippen molar-refractivity contribution in [3.63, 3.8) is 0 Å². The molecular weight excluding hydrogens is 478 g/mol. The molecule has 2 heterocycles. The second-order valence-electron chi connectivity index (χ2n) is 10.6. The number of hydrogen-bond acceptors (Lipinski definition) is 6. The van der Waals surface area contributed by atoms with Gasteiger partial charge in [0.2, 0.25) is 16.0 Å². The van der Waals surface area contributed by atoms with E-state index in [2.05, 4.69) is 10.2 Å². The number of benzene rings is 1. The standard InChI is InChI=1S/C26H39N5O4S/c1-19-18-21(23(32)29(2)3)11-10-20(19)12-17-36(34,35)31-15-13-26(14-16-31)24(33)27-25(28-26)30(4)22-8-6-5-7-9-22/h10-11,18,22H,5-9,12-17H2,1-4H3,(H,27,28,33). The molecule has 3 aliphatic rings. The van der Waals surface area contributed by atoms with Crippen LogP contribution in [0.1, 0.15) is 66.4 Å². The van der Waals surface area contributed by atoms with Crippen LogP contribution in [0.3, 0.4) is 0 Å². The van der Waals surface area contributed by atoms with E-state index in [0.29, 0.717) is 36.8 Å². The zero-order valence-electron chi connectivity index (χ0n) is 21.9. The molecule has 9 nitrogen and oxygen atoms in total.